The summed E-state index contributed by atoms with van der Waals surface area (Å²) >= 11 is 0. The zero-order chi connectivity index (χ0) is 25.6. The van der Waals surface area contributed by atoms with Crippen molar-refractivity contribution in [3.63, 3.8) is 0 Å². The van der Waals surface area contributed by atoms with Crippen LogP contribution in [0.3, 0.4) is 0 Å². The van der Waals surface area contributed by atoms with Crippen molar-refractivity contribution in [2.75, 3.05) is 6.61 Å². The monoisotopic (exact) mass is 488 g/mol. The SMILES string of the molecule is CC1(C)CCC([C@@H](C(=O)O)[C@H]2CC[C@@]3(C)[C@@H]4CC[C@H]5[C@@](C)(CO)[C@@H](O)CC[C@]5(C)C4=CC[C@]23C)O1. The molecule has 5 rings (SSSR count). The fourth-order valence-electron chi connectivity index (χ4n) is 10.2. The number of hydrogen-bond acceptors (Lipinski definition) is 4. The van der Waals surface area contributed by atoms with Crippen LogP contribution in [-0.2, 0) is 9.53 Å². The molecule has 1 aliphatic heterocycles. The van der Waals surface area contributed by atoms with Crippen molar-refractivity contribution < 1.29 is 24.9 Å². The number of allylic oxidation sites excluding steroid dienone is 2. The van der Waals surface area contributed by atoms with Gasteiger partial charge in [0.15, 0.2) is 0 Å². The van der Waals surface area contributed by atoms with Crippen molar-refractivity contribution in [1.82, 2.24) is 0 Å². The fraction of sp³-hybridized carbons (Fsp3) is 0.900. The van der Waals surface area contributed by atoms with Crippen LogP contribution in [0.5, 0.6) is 0 Å². The quantitative estimate of drug-likeness (QED) is 0.450. The van der Waals surface area contributed by atoms with Crippen molar-refractivity contribution in [2.24, 2.45) is 45.3 Å². The molecular weight excluding hydrogens is 440 g/mol. The highest BCUT2D eigenvalue weighted by Crippen LogP contribution is 2.73. The minimum Gasteiger partial charge on any atom is -0.481 e. The fourth-order valence-corrected chi connectivity index (χ4v) is 10.2. The molecule has 198 valence electrons. The molecule has 3 saturated carbocycles. The molecule has 4 fully saturated rings. The van der Waals surface area contributed by atoms with E-state index in [0.717, 1.165) is 57.8 Å². The van der Waals surface area contributed by atoms with E-state index in [4.69, 9.17) is 4.74 Å². The van der Waals surface area contributed by atoms with Crippen molar-refractivity contribution in [2.45, 2.75) is 117 Å². The first kappa shape index (κ1) is 25.7. The number of carbonyl (C=O) groups is 1. The van der Waals surface area contributed by atoms with Gasteiger partial charge in [-0.15, -0.1) is 0 Å². The smallest absolute Gasteiger partial charge is 0.309 e. The average molecular weight is 489 g/mol. The number of fused-ring (bicyclic) bond motifs is 5. The number of carboxylic acid groups (broad SMARTS) is 1. The highest BCUT2D eigenvalue weighted by molar-refractivity contribution is 5.71. The minimum absolute atomic E-state index is 0.00710. The van der Waals surface area contributed by atoms with Gasteiger partial charge in [-0.25, -0.2) is 0 Å². The maximum atomic E-state index is 12.7. The predicted octanol–water partition coefficient (Wildman–Crippen LogP) is 5.58. The molecule has 0 aromatic carbocycles. The summed E-state index contributed by atoms with van der Waals surface area (Å²) < 4.78 is 6.34. The number of ether oxygens (including phenoxy) is 1. The molecule has 0 aromatic heterocycles. The molecular formula is C30H48O5. The van der Waals surface area contributed by atoms with Gasteiger partial charge in [0, 0.05) is 5.41 Å². The first-order valence-corrected chi connectivity index (χ1v) is 14.1. The molecule has 0 radical (unpaired) electrons. The van der Waals surface area contributed by atoms with Crippen LogP contribution in [0.1, 0.15) is 99.3 Å². The number of rotatable bonds is 4. The Morgan fingerprint density at radius 2 is 1.71 bits per heavy atom. The van der Waals surface area contributed by atoms with E-state index in [1.807, 2.05) is 0 Å². The lowest BCUT2D eigenvalue weighted by Crippen LogP contribution is -2.59. The predicted molar refractivity (Wildman–Crippen MR) is 136 cm³/mol. The molecule has 0 bridgehead atoms. The molecule has 0 spiro atoms. The third-order valence-corrected chi connectivity index (χ3v) is 12.6. The zero-order valence-electron chi connectivity index (χ0n) is 22.8. The third kappa shape index (κ3) is 3.39. The van der Waals surface area contributed by atoms with Crippen LogP contribution in [0, 0.1) is 45.3 Å². The van der Waals surface area contributed by atoms with Crippen LogP contribution < -0.4 is 0 Å². The van der Waals surface area contributed by atoms with E-state index < -0.39 is 23.4 Å². The van der Waals surface area contributed by atoms with Crippen LogP contribution in [0.15, 0.2) is 11.6 Å². The molecule has 3 N–H and O–H groups in total. The molecule has 4 aliphatic carbocycles. The van der Waals surface area contributed by atoms with Crippen LogP contribution in [-0.4, -0.2) is 45.7 Å². The largest absolute Gasteiger partial charge is 0.481 e. The summed E-state index contributed by atoms with van der Waals surface area (Å²) in [5.74, 6) is -0.303. The summed E-state index contributed by atoms with van der Waals surface area (Å²) in [6.45, 7) is 13.5. The Morgan fingerprint density at radius 3 is 2.31 bits per heavy atom. The van der Waals surface area contributed by atoms with E-state index in [9.17, 15) is 20.1 Å². The minimum atomic E-state index is -0.686. The molecule has 5 heteroatoms. The molecule has 1 saturated heterocycles. The van der Waals surface area contributed by atoms with Gasteiger partial charge >= 0.3 is 5.97 Å². The second kappa shape index (κ2) is 8.04. The van der Waals surface area contributed by atoms with E-state index in [1.165, 1.54) is 0 Å². The summed E-state index contributed by atoms with van der Waals surface area (Å²) in [4.78, 5) is 12.7. The van der Waals surface area contributed by atoms with Gasteiger partial charge in [-0.05, 0) is 106 Å². The molecule has 10 atom stereocenters. The van der Waals surface area contributed by atoms with Gasteiger partial charge in [0.25, 0.3) is 0 Å². The van der Waals surface area contributed by atoms with Crippen LogP contribution in [0.25, 0.3) is 0 Å². The Labute approximate surface area is 211 Å². The lowest BCUT2D eigenvalue weighted by molar-refractivity contribution is -0.160. The summed E-state index contributed by atoms with van der Waals surface area (Å²) in [5.41, 5.74) is 0.831. The van der Waals surface area contributed by atoms with Crippen molar-refractivity contribution in [3.05, 3.63) is 11.6 Å². The second-order valence-corrected chi connectivity index (χ2v) is 14.5. The van der Waals surface area contributed by atoms with Gasteiger partial charge < -0.3 is 20.1 Å². The third-order valence-electron chi connectivity index (χ3n) is 12.6. The van der Waals surface area contributed by atoms with Crippen molar-refractivity contribution >= 4 is 5.97 Å². The van der Waals surface area contributed by atoms with E-state index in [2.05, 4.69) is 47.6 Å². The highest BCUT2D eigenvalue weighted by Gasteiger charge is 2.67. The van der Waals surface area contributed by atoms with Crippen molar-refractivity contribution in [1.29, 1.82) is 0 Å². The van der Waals surface area contributed by atoms with Gasteiger partial charge in [0.1, 0.15) is 0 Å². The Hall–Kier alpha value is -0.910. The van der Waals surface area contributed by atoms with Gasteiger partial charge in [0.2, 0.25) is 0 Å². The highest BCUT2D eigenvalue weighted by atomic mass is 16.5. The standard InChI is InChI=1S/C30H48O5/c1-26(2)13-11-21(35-26)24(25(33)34)20-10-16-29(5)19-7-8-22-27(3,18(19)9-15-30(20,29)6)14-12-23(32)28(22,4)17-31/h9,19-24,31-32H,7-8,10-17H2,1-6H3,(H,33,34)/t19-,20-,21?,22-,23+,24+,27-,28-,29+,30-/m1/s1. The van der Waals surface area contributed by atoms with E-state index in [1.54, 1.807) is 5.57 Å². The topological polar surface area (TPSA) is 87.0 Å². The molecule has 5 nitrogen and oxygen atoms in total. The summed E-state index contributed by atoms with van der Waals surface area (Å²) in [5, 5.41) is 31.7. The first-order chi connectivity index (χ1) is 16.2. The van der Waals surface area contributed by atoms with Crippen LogP contribution >= 0.6 is 0 Å². The van der Waals surface area contributed by atoms with Crippen LogP contribution in [0.4, 0.5) is 0 Å². The normalized spacial score (nSPS) is 51.7. The summed E-state index contributed by atoms with van der Waals surface area (Å²) in [7, 11) is 0. The molecule has 1 unspecified atom stereocenters. The Bertz CT molecular complexity index is 910. The number of aliphatic hydroxyl groups excluding tert-OH is 2. The number of carboxylic acids is 1. The number of aliphatic hydroxyl groups is 2. The van der Waals surface area contributed by atoms with Gasteiger partial charge in [-0.1, -0.05) is 39.3 Å². The van der Waals surface area contributed by atoms with E-state index in [-0.39, 0.29) is 46.4 Å². The van der Waals surface area contributed by atoms with Crippen molar-refractivity contribution in [3.8, 4) is 0 Å². The number of aliphatic carboxylic acids is 1. The van der Waals surface area contributed by atoms with E-state index >= 15 is 0 Å². The maximum absolute atomic E-state index is 12.7. The Morgan fingerprint density at radius 1 is 1.00 bits per heavy atom. The van der Waals surface area contributed by atoms with Gasteiger partial charge in [-0.3, -0.25) is 4.79 Å². The maximum Gasteiger partial charge on any atom is 0.309 e. The Balaban J connectivity index is 1.50. The lowest BCUT2D eigenvalue weighted by Gasteiger charge is -2.64. The molecule has 5 aliphatic rings. The molecule has 0 aromatic rings. The van der Waals surface area contributed by atoms with E-state index in [0.29, 0.717) is 5.92 Å². The summed E-state index contributed by atoms with van der Waals surface area (Å²) in [6.07, 6.45) is 10.3. The number of hydrogen-bond donors (Lipinski definition) is 3. The molecule has 1 heterocycles. The average Bonchev–Trinajstić information content (AvgIpc) is 3.28. The zero-order valence-corrected chi connectivity index (χ0v) is 22.8. The van der Waals surface area contributed by atoms with Gasteiger partial charge in [-0.2, -0.15) is 0 Å². The molecule has 0 amide bonds. The molecule has 35 heavy (non-hydrogen) atoms. The second-order valence-electron chi connectivity index (χ2n) is 14.5. The van der Waals surface area contributed by atoms with Crippen LogP contribution in [0.2, 0.25) is 0 Å². The summed E-state index contributed by atoms with van der Waals surface area (Å²) in [6, 6.07) is 0. The lowest BCUT2D eigenvalue weighted by atomic mass is 9.41. The Kier molecular flexibility index (Phi) is 5.91. The van der Waals surface area contributed by atoms with Gasteiger partial charge in [0.05, 0.1) is 30.3 Å². The first-order valence-electron chi connectivity index (χ1n) is 14.1.